The summed E-state index contributed by atoms with van der Waals surface area (Å²) < 4.78 is 5.04. The number of hydrogen-bond acceptors (Lipinski definition) is 4. The van der Waals surface area contributed by atoms with Crippen LogP contribution in [-0.4, -0.2) is 24.4 Å². The van der Waals surface area contributed by atoms with E-state index in [9.17, 15) is 9.59 Å². The molecule has 3 N–H and O–H groups in total. The van der Waals surface area contributed by atoms with Gasteiger partial charge in [0.2, 0.25) is 5.91 Å². The van der Waals surface area contributed by atoms with Gasteiger partial charge in [0.25, 0.3) is 5.91 Å². The maximum absolute atomic E-state index is 12.1. The molecule has 1 saturated heterocycles. The van der Waals surface area contributed by atoms with Crippen molar-refractivity contribution in [3.63, 3.8) is 0 Å². The third-order valence-corrected chi connectivity index (χ3v) is 3.78. The Morgan fingerprint density at radius 1 is 1.04 bits per heavy atom. The molecule has 24 heavy (non-hydrogen) atoms. The monoisotopic (exact) mass is 349 g/mol. The van der Waals surface area contributed by atoms with Crippen LogP contribution in [0.25, 0.3) is 0 Å². The molecule has 1 aromatic heterocycles. The molecule has 2 heterocycles. The quantitative estimate of drug-likeness (QED) is 0.792. The lowest BCUT2D eigenvalue weighted by Gasteiger charge is -2.22. The van der Waals surface area contributed by atoms with E-state index in [0.717, 1.165) is 25.8 Å². The fourth-order valence-electron chi connectivity index (χ4n) is 2.54. The van der Waals surface area contributed by atoms with Crippen LogP contribution in [-0.2, 0) is 4.79 Å². The van der Waals surface area contributed by atoms with Crippen molar-refractivity contribution in [1.29, 1.82) is 0 Å². The molecule has 0 saturated carbocycles. The fourth-order valence-corrected chi connectivity index (χ4v) is 2.54. The van der Waals surface area contributed by atoms with Gasteiger partial charge in [-0.25, -0.2) is 0 Å². The van der Waals surface area contributed by atoms with Crippen LogP contribution >= 0.6 is 12.4 Å². The first kappa shape index (κ1) is 18.0. The van der Waals surface area contributed by atoms with Gasteiger partial charge in [-0.05, 0) is 55.8 Å². The molecule has 1 atom stereocenters. The minimum Gasteiger partial charge on any atom is -0.459 e. The second-order valence-electron chi connectivity index (χ2n) is 5.50. The van der Waals surface area contributed by atoms with Crippen molar-refractivity contribution < 1.29 is 14.0 Å². The van der Waals surface area contributed by atoms with Gasteiger partial charge in [-0.3, -0.25) is 9.59 Å². The molecule has 0 radical (unpaired) electrons. The number of piperidine rings is 1. The summed E-state index contributed by atoms with van der Waals surface area (Å²) in [6.45, 7) is 0.885. The zero-order chi connectivity index (χ0) is 16.1. The molecule has 2 amide bonds. The number of carbonyl (C=O) groups excluding carboxylic acids is 2. The van der Waals surface area contributed by atoms with Gasteiger partial charge in [0, 0.05) is 11.4 Å². The number of amides is 2. The molecule has 1 aliphatic heterocycles. The first-order valence-electron chi connectivity index (χ1n) is 7.71. The van der Waals surface area contributed by atoms with Gasteiger partial charge in [0.05, 0.1) is 12.3 Å². The third kappa shape index (κ3) is 4.59. The van der Waals surface area contributed by atoms with Crippen molar-refractivity contribution in [2.24, 2.45) is 0 Å². The first-order chi connectivity index (χ1) is 11.2. The largest absolute Gasteiger partial charge is 0.459 e. The second kappa shape index (κ2) is 8.52. The molecule has 1 fully saturated rings. The summed E-state index contributed by atoms with van der Waals surface area (Å²) in [5.41, 5.74) is 1.35. The standard InChI is InChI=1S/C17H19N3O3.ClH/c21-16(14-4-1-2-10-18-14)19-12-6-8-13(9-7-12)20-17(22)15-5-3-11-23-15;/h3,5-9,11,14,18H,1-2,4,10H2,(H,19,21)(H,20,22);1H/t14-;/m0./s1. The van der Waals surface area contributed by atoms with E-state index in [0.29, 0.717) is 11.4 Å². The maximum Gasteiger partial charge on any atom is 0.291 e. The van der Waals surface area contributed by atoms with Crippen LogP contribution in [0.15, 0.2) is 47.1 Å². The zero-order valence-electron chi connectivity index (χ0n) is 13.1. The highest BCUT2D eigenvalue weighted by molar-refractivity contribution is 6.02. The Hall–Kier alpha value is -2.31. The minimum atomic E-state index is -0.307. The van der Waals surface area contributed by atoms with Crippen LogP contribution in [0, 0.1) is 0 Å². The van der Waals surface area contributed by atoms with Crippen molar-refractivity contribution in [2.75, 3.05) is 17.2 Å². The lowest BCUT2D eigenvalue weighted by atomic mass is 10.0. The summed E-state index contributed by atoms with van der Waals surface area (Å²) in [6, 6.07) is 10.1. The van der Waals surface area contributed by atoms with E-state index in [2.05, 4.69) is 16.0 Å². The van der Waals surface area contributed by atoms with Gasteiger partial charge in [0.15, 0.2) is 5.76 Å². The van der Waals surface area contributed by atoms with Crippen LogP contribution in [0.2, 0.25) is 0 Å². The molecule has 0 spiro atoms. The fraction of sp³-hybridized carbons (Fsp3) is 0.294. The van der Waals surface area contributed by atoms with Crippen LogP contribution < -0.4 is 16.0 Å². The SMILES string of the molecule is Cl.O=C(Nc1ccc(NC(=O)[C@@H]2CCCCN2)cc1)c1ccco1. The van der Waals surface area contributed by atoms with Crippen molar-refractivity contribution in [2.45, 2.75) is 25.3 Å². The highest BCUT2D eigenvalue weighted by atomic mass is 35.5. The Bertz CT molecular complexity index is 665. The summed E-state index contributed by atoms with van der Waals surface area (Å²) in [5, 5.41) is 8.83. The number of anilines is 2. The van der Waals surface area contributed by atoms with Crippen molar-refractivity contribution in [1.82, 2.24) is 5.32 Å². The smallest absolute Gasteiger partial charge is 0.291 e. The van der Waals surface area contributed by atoms with Crippen molar-refractivity contribution >= 4 is 35.6 Å². The molecule has 1 aliphatic rings. The van der Waals surface area contributed by atoms with Gasteiger partial charge in [0.1, 0.15) is 0 Å². The summed E-state index contributed by atoms with van der Waals surface area (Å²) in [5.74, 6) is -0.0685. The van der Waals surface area contributed by atoms with Crippen LogP contribution in [0.5, 0.6) is 0 Å². The number of benzene rings is 1. The average molecular weight is 350 g/mol. The van der Waals surface area contributed by atoms with E-state index in [-0.39, 0.29) is 36.0 Å². The molecule has 3 rings (SSSR count). The number of halogens is 1. The summed E-state index contributed by atoms with van der Waals surface area (Å²) in [7, 11) is 0. The molecule has 1 aromatic carbocycles. The van der Waals surface area contributed by atoms with Crippen molar-refractivity contribution in [3.05, 3.63) is 48.4 Å². The van der Waals surface area contributed by atoms with E-state index in [1.807, 2.05) is 0 Å². The highest BCUT2D eigenvalue weighted by Crippen LogP contribution is 2.16. The predicted octanol–water partition coefficient (Wildman–Crippen LogP) is 3.03. The Morgan fingerprint density at radius 3 is 2.33 bits per heavy atom. The summed E-state index contributed by atoms with van der Waals surface area (Å²) in [6.07, 6.45) is 4.51. The van der Waals surface area contributed by atoms with E-state index in [1.54, 1.807) is 36.4 Å². The summed E-state index contributed by atoms with van der Waals surface area (Å²) >= 11 is 0. The number of hydrogen-bond donors (Lipinski definition) is 3. The summed E-state index contributed by atoms with van der Waals surface area (Å²) in [4.78, 5) is 24.0. The van der Waals surface area contributed by atoms with E-state index >= 15 is 0 Å². The number of carbonyl (C=O) groups is 2. The molecule has 2 aromatic rings. The number of rotatable bonds is 4. The molecule has 7 heteroatoms. The molecule has 128 valence electrons. The second-order valence-corrected chi connectivity index (χ2v) is 5.50. The molecule has 6 nitrogen and oxygen atoms in total. The Labute approximate surface area is 146 Å². The van der Waals surface area contributed by atoms with Gasteiger partial charge in [-0.2, -0.15) is 0 Å². The molecule has 0 aliphatic carbocycles. The third-order valence-electron chi connectivity index (χ3n) is 3.78. The lowest BCUT2D eigenvalue weighted by Crippen LogP contribution is -2.43. The maximum atomic E-state index is 12.1. The molecule has 0 bridgehead atoms. The lowest BCUT2D eigenvalue weighted by molar-refractivity contribution is -0.118. The van der Waals surface area contributed by atoms with Crippen LogP contribution in [0.4, 0.5) is 11.4 Å². The van der Waals surface area contributed by atoms with E-state index in [1.165, 1.54) is 6.26 Å². The van der Waals surface area contributed by atoms with E-state index < -0.39 is 0 Å². The van der Waals surface area contributed by atoms with Gasteiger partial charge < -0.3 is 20.4 Å². The first-order valence-corrected chi connectivity index (χ1v) is 7.71. The van der Waals surface area contributed by atoms with Gasteiger partial charge in [-0.1, -0.05) is 6.42 Å². The van der Waals surface area contributed by atoms with Gasteiger partial charge in [-0.15, -0.1) is 12.4 Å². The zero-order valence-corrected chi connectivity index (χ0v) is 13.9. The Morgan fingerprint density at radius 2 is 1.75 bits per heavy atom. The molecule has 0 unspecified atom stereocenters. The van der Waals surface area contributed by atoms with Gasteiger partial charge >= 0.3 is 0 Å². The predicted molar refractivity (Wildman–Crippen MR) is 94.6 cm³/mol. The molecular formula is C17H20ClN3O3. The average Bonchev–Trinajstić information content (AvgIpc) is 3.12. The topological polar surface area (TPSA) is 83.4 Å². The number of furan rings is 1. The molecular weight excluding hydrogens is 330 g/mol. The van der Waals surface area contributed by atoms with Crippen LogP contribution in [0.3, 0.4) is 0 Å². The highest BCUT2D eigenvalue weighted by Gasteiger charge is 2.20. The minimum absolute atomic E-state index is 0. The number of nitrogens with one attached hydrogen (secondary N) is 3. The van der Waals surface area contributed by atoms with E-state index in [4.69, 9.17) is 4.42 Å². The Balaban J connectivity index is 0.00000208. The Kier molecular flexibility index (Phi) is 6.40. The van der Waals surface area contributed by atoms with Crippen LogP contribution in [0.1, 0.15) is 29.8 Å². The normalized spacial score (nSPS) is 16.8. The van der Waals surface area contributed by atoms with Crippen molar-refractivity contribution in [3.8, 4) is 0 Å².